The molecule has 9 heteroatoms. The minimum atomic E-state index is -3.43. The van der Waals surface area contributed by atoms with Gasteiger partial charge in [0.15, 0.2) is 5.16 Å². The van der Waals surface area contributed by atoms with Gasteiger partial charge in [-0.15, -0.1) is 0 Å². The molecule has 4 aromatic rings. The number of hydrogen-bond donors (Lipinski definition) is 1. The zero-order valence-electron chi connectivity index (χ0n) is 18.6. The van der Waals surface area contributed by atoms with E-state index in [1.165, 1.54) is 11.8 Å². The van der Waals surface area contributed by atoms with Gasteiger partial charge in [-0.2, -0.15) is 0 Å². The fourth-order valence-corrected chi connectivity index (χ4v) is 5.01. The van der Waals surface area contributed by atoms with Crippen LogP contribution in [0, 0.1) is 6.92 Å². The summed E-state index contributed by atoms with van der Waals surface area (Å²) in [5, 5.41) is 2.20. The first-order valence-electron chi connectivity index (χ1n) is 10.4. The number of pyridine rings is 1. The molecule has 33 heavy (non-hydrogen) atoms. The van der Waals surface area contributed by atoms with E-state index < -0.39 is 10.0 Å². The van der Waals surface area contributed by atoms with Gasteiger partial charge in [-0.05, 0) is 49.4 Å². The summed E-state index contributed by atoms with van der Waals surface area (Å²) in [6.45, 7) is 3.78. The molecule has 0 bridgehead atoms. The minimum absolute atomic E-state index is 0.0624. The highest BCUT2D eigenvalue weighted by Gasteiger charge is 2.17. The minimum Gasteiger partial charge on any atom is -0.437 e. The predicted molar refractivity (Wildman–Crippen MR) is 134 cm³/mol. The number of nitrogens with zero attached hydrogens (tertiary/aromatic N) is 3. The van der Waals surface area contributed by atoms with Crippen LogP contribution in [-0.2, 0) is 10.0 Å². The first-order valence-corrected chi connectivity index (χ1v) is 13.3. The van der Waals surface area contributed by atoms with Gasteiger partial charge in [0.1, 0.15) is 5.75 Å². The number of aryl methyl sites for hydroxylation is 1. The van der Waals surface area contributed by atoms with Crippen LogP contribution in [0.25, 0.3) is 22.0 Å². The highest BCUT2D eigenvalue weighted by molar-refractivity contribution is 7.98. The third kappa shape index (κ3) is 5.09. The molecule has 4 rings (SSSR count). The molecule has 0 aliphatic heterocycles. The largest absolute Gasteiger partial charge is 0.437 e. The molecule has 0 saturated heterocycles. The van der Waals surface area contributed by atoms with Gasteiger partial charge in [0.25, 0.3) is 0 Å². The Morgan fingerprint density at radius 3 is 2.64 bits per heavy atom. The van der Waals surface area contributed by atoms with Gasteiger partial charge in [-0.1, -0.05) is 43.0 Å². The van der Waals surface area contributed by atoms with Gasteiger partial charge < -0.3 is 4.74 Å². The fraction of sp³-hybridized carbons (Fsp3) is 0.208. The maximum Gasteiger partial charge on any atom is 0.232 e. The Kier molecular flexibility index (Phi) is 6.80. The summed E-state index contributed by atoms with van der Waals surface area (Å²) in [5.74, 6) is 1.09. The molecule has 2 aromatic heterocycles. The van der Waals surface area contributed by atoms with Gasteiger partial charge in [0.2, 0.25) is 15.9 Å². The lowest BCUT2D eigenvalue weighted by molar-refractivity contribution is 0.466. The lowest BCUT2D eigenvalue weighted by atomic mass is 10.0. The van der Waals surface area contributed by atoms with Crippen LogP contribution < -0.4 is 9.46 Å². The smallest absolute Gasteiger partial charge is 0.232 e. The van der Waals surface area contributed by atoms with E-state index in [2.05, 4.69) is 19.7 Å². The number of hydrogen-bond acceptors (Lipinski definition) is 7. The lowest BCUT2D eigenvalue weighted by Crippen LogP contribution is -2.16. The second kappa shape index (κ2) is 9.76. The van der Waals surface area contributed by atoms with E-state index in [4.69, 9.17) is 4.74 Å². The second-order valence-electron chi connectivity index (χ2n) is 7.42. The molecule has 0 aliphatic rings. The normalized spacial score (nSPS) is 11.5. The number of ether oxygens (including phenoxy) is 1. The van der Waals surface area contributed by atoms with Crippen molar-refractivity contribution in [1.82, 2.24) is 15.0 Å². The summed E-state index contributed by atoms with van der Waals surface area (Å²) in [4.78, 5) is 13.3. The Labute approximate surface area is 197 Å². The Balaban J connectivity index is 1.79. The maximum absolute atomic E-state index is 12.4. The average Bonchev–Trinajstić information content (AvgIpc) is 2.81. The zero-order valence-corrected chi connectivity index (χ0v) is 20.2. The Morgan fingerprint density at radius 1 is 1.00 bits per heavy atom. The zero-order chi connectivity index (χ0) is 23.4. The number of fused-ring (bicyclic) bond motifs is 1. The molecule has 0 unspecified atom stereocenters. The van der Waals surface area contributed by atoms with E-state index in [-0.39, 0.29) is 5.75 Å². The molecule has 2 heterocycles. The van der Waals surface area contributed by atoms with Crippen molar-refractivity contribution >= 4 is 38.2 Å². The molecule has 7 nitrogen and oxygen atoms in total. The molecule has 0 spiro atoms. The SMILES string of the molecule is CCCS(=O)(=O)Nc1cccc2c(Oc3ncccc3-c3ccnc(SC)n3)c(C)ccc12. The topological polar surface area (TPSA) is 94.1 Å². The summed E-state index contributed by atoms with van der Waals surface area (Å²) in [5.41, 5.74) is 2.88. The van der Waals surface area contributed by atoms with Crippen molar-refractivity contribution in [2.24, 2.45) is 0 Å². The Morgan fingerprint density at radius 2 is 1.85 bits per heavy atom. The summed E-state index contributed by atoms with van der Waals surface area (Å²) >= 11 is 1.46. The summed E-state index contributed by atoms with van der Waals surface area (Å²) in [6, 6.07) is 14.8. The third-order valence-corrected chi connectivity index (χ3v) is 7.05. The Bertz CT molecular complexity index is 1410. The van der Waals surface area contributed by atoms with Crippen LogP contribution in [0.3, 0.4) is 0 Å². The molecule has 0 amide bonds. The van der Waals surface area contributed by atoms with Gasteiger partial charge in [0, 0.05) is 23.2 Å². The average molecular weight is 481 g/mol. The summed E-state index contributed by atoms with van der Waals surface area (Å²) in [7, 11) is -3.43. The van der Waals surface area contributed by atoms with Crippen molar-refractivity contribution < 1.29 is 13.2 Å². The van der Waals surface area contributed by atoms with Crippen LogP contribution in [0.2, 0.25) is 0 Å². The Hall–Kier alpha value is -3.17. The first kappa shape index (κ1) is 23.0. The van der Waals surface area contributed by atoms with Crippen molar-refractivity contribution in [3.05, 3.63) is 66.5 Å². The van der Waals surface area contributed by atoms with Crippen molar-refractivity contribution in [2.45, 2.75) is 25.4 Å². The van der Waals surface area contributed by atoms with Crippen LogP contribution in [0.5, 0.6) is 11.6 Å². The van der Waals surface area contributed by atoms with E-state index in [9.17, 15) is 8.42 Å². The molecule has 0 radical (unpaired) electrons. The van der Waals surface area contributed by atoms with Gasteiger partial charge >= 0.3 is 0 Å². The predicted octanol–water partition coefficient (Wildman–Crippen LogP) is 5.67. The highest BCUT2D eigenvalue weighted by Crippen LogP contribution is 2.38. The molecule has 0 atom stereocenters. The molecule has 1 N–H and O–H groups in total. The number of anilines is 1. The van der Waals surface area contributed by atoms with E-state index in [1.54, 1.807) is 18.5 Å². The van der Waals surface area contributed by atoms with Crippen molar-refractivity contribution in [3.8, 4) is 22.9 Å². The monoisotopic (exact) mass is 480 g/mol. The van der Waals surface area contributed by atoms with Crippen LogP contribution in [0.1, 0.15) is 18.9 Å². The van der Waals surface area contributed by atoms with Gasteiger partial charge in [-0.25, -0.2) is 23.4 Å². The number of aromatic nitrogens is 3. The molecular formula is C24H24N4O3S2. The molecule has 2 aromatic carbocycles. The van der Waals surface area contributed by atoms with Gasteiger partial charge in [-0.3, -0.25) is 4.72 Å². The fourth-order valence-electron chi connectivity index (χ4n) is 3.50. The lowest BCUT2D eigenvalue weighted by Gasteiger charge is -2.16. The quantitative estimate of drug-likeness (QED) is 0.257. The van der Waals surface area contributed by atoms with Crippen LogP contribution in [0.4, 0.5) is 5.69 Å². The van der Waals surface area contributed by atoms with Crippen LogP contribution in [-0.4, -0.2) is 35.4 Å². The highest BCUT2D eigenvalue weighted by atomic mass is 32.2. The van der Waals surface area contributed by atoms with E-state index in [1.807, 2.05) is 62.6 Å². The standard InChI is InChI=1S/C24H24N4O3S2/c1-4-15-33(29,30)28-21-9-5-7-18-17(21)11-10-16(2)22(18)31-23-19(8-6-13-25-23)20-12-14-26-24(27-20)32-3/h5-14,28H,4,15H2,1-3H3. The van der Waals surface area contributed by atoms with E-state index in [0.717, 1.165) is 21.9 Å². The van der Waals surface area contributed by atoms with E-state index >= 15 is 0 Å². The number of sulfonamides is 1. The summed E-state index contributed by atoms with van der Waals surface area (Å²) in [6.07, 6.45) is 5.84. The van der Waals surface area contributed by atoms with E-state index in [0.29, 0.717) is 34.6 Å². The third-order valence-electron chi connectivity index (χ3n) is 5.01. The first-order chi connectivity index (χ1) is 15.9. The van der Waals surface area contributed by atoms with Crippen molar-refractivity contribution in [3.63, 3.8) is 0 Å². The number of nitrogens with one attached hydrogen (secondary N) is 1. The molecule has 170 valence electrons. The van der Waals surface area contributed by atoms with Crippen molar-refractivity contribution in [1.29, 1.82) is 0 Å². The molecule has 0 saturated carbocycles. The summed E-state index contributed by atoms with van der Waals surface area (Å²) < 4.78 is 33.8. The number of thioether (sulfide) groups is 1. The molecule has 0 fully saturated rings. The van der Waals surface area contributed by atoms with Crippen molar-refractivity contribution in [2.75, 3.05) is 16.7 Å². The maximum atomic E-state index is 12.4. The second-order valence-corrected chi connectivity index (χ2v) is 10.0. The number of rotatable bonds is 8. The molecular weight excluding hydrogens is 456 g/mol. The van der Waals surface area contributed by atoms with Gasteiger partial charge in [0.05, 0.1) is 22.7 Å². The van der Waals surface area contributed by atoms with Crippen LogP contribution >= 0.6 is 11.8 Å². The number of benzene rings is 2. The molecule has 0 aliphatic carbocycles. The van der Waals surface area contributed by atoms with Crippen LogP contribution in [0.15, 0.2) is 66.1 Å².